The zero-order valence-corrected chi connectivity index (χ0v) is 22.4. The second-order valence-electron chi connectivity index (χ2n) is 9.37. The van der Waals surface area contributed by atoms with Crippen LogP contribution in [0.15, 0.2) is 24.3 Å². The lowest BCUT2D eigenvalue weighted by Gasteiger charge is -2.27. The number of amides is 3. The van der Waals surface area contributed by atoms with Crippen LogP contribution in [-0.4, -0.2) is 112 Å². The Morgan fingerprint density at radius 2 is 1.97 bits per heavy atom. The molecule has 0 bridgehead atoms. The number of carboxylic acid groups (broad SMARTS) is 1. The number of aliphatic hydroxyl groups excluding tert-OH is 1. The smallest absolute Gasteiger partial charge is 0.328 e. The summed E-state index contributed by atoms with van der Waals surface area (Å²) in [6.45, 7) is 5.43. The third-order valence-corrected chi connectivity index (χ3v) is 8.19. The molecule has 7 N–H and O–H groups in total. The van der Waals surface area contributed by atoms with E-state index in [-0.39, 0.29) is 18.4 Å². The van der Waals surface area contributed by atoms with E-state index in [0.29, 0.717) is 24.3 Å². The molecule has 1 aromatic rings. The Kier molecular flexibility index (Phi) is 11.2. The van der Waals surface area contributed by atoms with Crippen LogP contribution < -0.4 is 21.7 Å². The molecular weight excluding hydrogens is 512 g/mol. The Morgan fingerprint density at radius 1 is 1.24 bits per heavy atom. The number of hydrogen-bond donors (Lipinski definition) is 6. The third kappa shape index (κ3) is 7.82. The van der Waals surface area contributed by atoms with Crippen LogP contribution in [0, 0.1) is 0 Å². The molecule has 0 radical (unpaired) electrons. The standard InChI is InChI=1S/C25H38N6O6S/c1-2-31-23(35)19(38-24(31)20(26)22(34)29-18(15-32)25(36)37)14-28-17-8-5-7-16(13-17)21(33)27-9-6-12-30-10-3-4-11-30/h5,7-8,13,18-20,24,28,32H,2-4,6,9-12,14-15,26H2,1H3,(H,27,33)(H,29,34)(H,36,37)/t18-,19-,20-,24?/m1/s1. The molecule has 3 rings (SSSR count). The van der Waals surface area contributed by atoms with Crippen LogP contribution >= 0.6 is 11.8 Å². The molecule has 0 aromatic heterocycles. The molecule has 1 aromatic carbocycles. The minimum absolute atomic E-state index is 0.154. The van der Waals surface area contributed by atoms with Gasteiger partial charge in [-0.1, -0.05) is 6.07 Å². The average molecular weight is 551 g/mol. The van der Waals surface area contributed by atoms with Crippen LogP contribution in [0.4, 0.5) is 5.69 Å². The van der Waals surface area contributed by atoms with Crippen molar-refractivity contribution in [3.63, 3.8) is 0 Å². The second kappa shape index (κ2) is 14.3. The second-order valence-corrected chi connectivity index (χ2v) is 10.7. The third-order valence-electron chi connectivity index (χ3n) is 6.67. The number of aliphatic hydroxyl groups is 1. The maximum Gasteiger partial charge on any atom is 0.328 e. The lowest BCUT2D eigenvalue weighted by molar-refractivity contribution is -0.143. The quantitative estimate of drug-likeness (QED) is 0.165. The summed E-state index contributed by atoms with van der Waals surface area (Å²) >= 11 is 1.22. The van der Waals surface area contributed by atoms with Crippen molar-refractivity contribution in [3.8, 4) is 0 Å². The number of nitrogens with zero attached hydrogens (tertiary/aromatic N) is 2. The van der Waals surface area contributed by atoms with Gasteiger partial charge >= 0.3 is 5.97 Å². The largest absolute Gasteiger partial charge is 0.480 e. The van der Waals surface area contributed by atoms with E-state index in [4.69, 9.17) is 15.9 Å². The number of rotatable bonds is 14. The number of nitrogens with two attached hydrogens (primary N) is 1. The Hall–Kier alpha value is -2.87. The van der Waals surface area contributed by atoms with Crippen molar-refractivity contribution < 1.29 is 29.4 Å². The fourth-order valence-corrected chi connectivity index (χ4v) is 6.00. The van der Waals surface area contributed by atoms with Gasteiger partial charge in [0.2, 0.25) is 11.8 Å². The molecule has 0 aliphatic carbocycles. The van der Waals surface area contributed by atoms with Crippen LogP contribution in [0.5, 0.6) is 0 Å². The van der Waals surface area contributed by atoms with Crippen LogP contribution in [0.1, 0.15) is 36.5 Å². The normalized spacial score (nSPS) is 21.2. The number of likely N-dealkylation sites (N-methyl/N-ethyl adjacent to an activating group) is 1. The molecule has 2 saturated heterocycles. The fourth-order valence-electron chi connectivity index (χ4n) is 4.54. The van der Waals surface area contributed by atoms with Gasteiger partial charge in [-0.25, -0.2) is 4.79 Å². The van der Waals surface area contributed by atoms with Gasteiger partial charge in [0, 0.05) is 30.9 Å². The highest BCUT2D eigenvalue weighted by atomic mass is 32.2. The first-order valence-electron chi connectivity index (χ1n) is 12.9. The molecule has 210 valence electrons. The number of carboxylic acids is 1. The number of thioether (sulfide) groups is 1. The van der Waals surface area contributed by atoms with Gasteiger partial charge in [0.15, 0.2) is 0 Å². The summed E-state index contributed by atoms with van der Waals surface area (Å²) in [5, 5.41) is 25.4. The Labute approximate surface area is 226 Å². The van der Waals surface area contributed by atoms with E-state index < -0.39 is 41.2 Å². The van der Waals surface area contributed by atoms with Gasteiger partial charge in [-0.15, -0.1) is 11.8 Å². The number of aliphatic carboxylic acids is 1. The van der Waals surface area contributed by atoms with Crippen molar-refractivity contribution in [3.05, 3.63) is 29.8 Å². The van der Waals surface area contributed by atoms with E-state index in [1.165, 1.54) is 29.5 Å². The van der Waals surface area contributed by atoms with Gasteiger partial charge < -0.3 is 41.7 Å². The van der Waals surface area contributed by atoms with Gasteiger partial charge in [-0.3, -0.25) is 14.4 Å². The zero-order valence-electron chi connectivity index (χ0n) is 21.6. The topological polar surface area (TPSA) is 177 Å². The summed E-state index contributed by atoms with van der Waals surface area (Å²) in [4.78, 5) is 53.1. The number of anilines is 1. The highest BCUT2D eigenvalue weighted by Crippen LogP contribution is 2.33. The van der Waals surface area contributed by atoms with Crippen molar-refractivity contribution in [2.45, 2.75) is 48.9 Å². The Bertz CT molecular complexity index is 991. The van der Waals surface area contributed by atoms with Gasteiger partial charge in [0.1, 0.15) is 22.7 Å². The number of carbonyl (C=O) groups excluding carboxylic acids is 3. The van der Waals surface area contributed by atoms with Crippen LogP contribution in [-0.2, 0) is 14.4 Å². The zero-order chi connectivity index (χ0) is 27.7. The van der Waals surface area contributed by atoms with Crippen LogP contribution in [0.3, 0.4) is 0 Å². The van der Waals surface area contributed by atoms with Crippen LogP contribution in [0.2, 0.25) is 0 Å². The molecule has 4 atom stereocenters. The Balaban J connectivity index is 1.51. The summed E-state index contributed by atoms with van der Waals surface area (Å²) < 4.78 is 0. The fraction of sp³-hybridized carbons (Fsp3) is 0.600. The van der Waals surface area contributed by atoms with E-state index >= 15 is 0 Å². The van der Waals surface area contributed by atoms with Crippen molar-refractivity contribution in [1.29, 1.82) is 0 Å². The number of carbonyl (C=O) groups is 4. The van der Waals surface area contributed by atoms with E-state index in [1.807, 2.05) is 6.07 Å². The number of likely N-dealkylation sites (tertiary alicyclic amines) is 1. The molecule has 13 heteroatoms. The minimum Gasteiger partial charge on any atom is -0.480 e. The molecule has 1 unspecified atom stereocenters. The number of nitrogens with one attached hydrogen (secondary N) is 3. The molecule has 38 heavy (non-hydrogen) atoms. The summed E-state index contributed by atoms with van der Waals surface area (Å²) in [5.41, 5.74) is 7.30. The van der Waals surface area contributed by atoms with Gasteiger partial charge in [0.25, 0.3) is 5.91 Å². The molecule has 2 fully saturated rings. The first kappa shape index (κ1) is 29.7. The van der Waals surface area contributed by atoms with Gasteiger partial charge in [-0.05, 0) is 64.0 Å². The Morgan fingerprint density at radius 3 is 2.63 bits per heavy atom. The molecule has 3 amide bonds. The van der Waals surface area contributed by atoms with Crippen molar-refractivity contribution in [2.75, 3.05) is 51.2 Å². The summed E-state index contributed by atoms with van der Waals surface area (Å²) in [5.74, 6) is -2.49. The SMILES string of the molecule is CCN1C(=O)[C@@H](CNc2cccc(C(=O)NCCCN3CCCC3)c2)SC1[C@H](N)C(=O)N[C@H](CO)C(=O)O. The number of benzene rings is 1. The van der Waals surface area contributed by atoms with E-state index in [0.717, 1.165) is 26.1 Å². The monoisotopic (exact) mass is 550 g/mol. The molecule has 0 spiro atoms. The predicted molar refractivity (Wildman–Crippen MR) is 145 cm³/mol. The van der Waals surface area contributed by atoms with Crippen LogP contribution in [0.25, 0.3) is 0 Å². The maximum atomic E-state index is 13.0. The highest BCUT2D eigenvalue weighted by molar-refractivity contribution is 8.01. The van der Waals surface area contributed by atoms with Gasteiger partial charge in [0.05, 0.1) is 6.61 Å². The molecule has 12 nitrogen and oxygen atoms in total. The predicted octanol–water partition coefficient (Wildman–Crippen LogP) is -0.507. The molecule has 0 saturated carbocycles. The average Bonchev–Trinajstić information content (AvgIpc) is 3.55. The first-order chi connectivity index (χ1) is 18.2. The molecule has 2 heterocycles. The lowest BCUT2D eigenvalue weighted by atomic mass is 10.2. The van der Waals surface area contributed by atoms with Crippen molar-refractivity contribution in [1.82, 2.24) is 20.4 Å². The molecule has 2 aliphatic heterocycles. The molecule has 2 aliphatic rings. The number of hydrogen-bond acceptors (Lipinski definition) is 9. The van der Waals surface area contributed by atoms with Crippen molar-refractivity contribution >= 4 is 41.1 Å². The highest BCUT2D eigenvalue weighted by Gasteiger charge is 2.44. The lowest BCUT2D eigenvalue weighted by Crippen LogP contribution is -2.56. The molecular formula is C25H38N6O6S. The van der Waals surface area contributed by atoms with Gasteiger partial charge in [-0.2, -0.15) is 0 Å². The summed E-state index contributed by atoms with van der Waals surface area (Å²) in [6.07, 6.45) is 3.39. The van der Waals surface area contributed by atoms with E-state index in [2.05, 4.69) is 20.9 Å². The van der Waals surface area contributed by atoms with E-state index in [9.17, 15) is 19.2 Å². The first-order valence-corrected chi connectivity index (χ1v) is 13.9. The summed E-state index contributed by atoms with van der Waals surface area (Å²) in [7, 11) is 0. The summed E-state index contributed by atoms with van der Waals surface area (Å²) in [6, 6.07) is 4.39. The van der Waals surface area contributed by atoms with E-state index in [1.54, 1.807) is 25.1 Å². The minimum atomic E-state index is -1.47. The van der Waals surface area contributed by atoms with Crippen molar-refractivity contribution in [2.24, 2.45) is 5.73 Å². The maximum absolute atomic E-state index is 13.0.